The molecule has 1 aromatic carbocycles. The van der Waals surface area contributed by atoms with Gasteiger partial charge in [0.15, 0.2) is 0 Å². The highest BCUT2D eigenvalue weighted by molar-refractivity contribution is 6.03. The summed E-state index contributed by atoms with van der Waals surface area (Å²) in [5, 5.41) is 9.35. The lowest BCUT2D eigenvalue weighted by Gasteiger charge is -2.37. The number of morpholine rings is 1. The lowest BCUT2D eigenvalue weighted by Crippen LogP contribution is -2.57. The number of hydrogen-bond acceptors (Lipinski definition) is 7. The average molecular weight is 609 g/mol. The zero-order valence-electron chi connectivity index (χ0n) is 26.1. The Morgan fingerprint density at radius 3 is 2.43 bits per heavy atom. The molecule has 4 aliphatic rings. The van der Waals surface area contributed by atoms with E-state index in [0.29, 0.717) is 71.6 Å². The molecule has 44 heavy (non-hydrogen) atoms. The zero-order chi connectivity index (χ0) is 31.3. The Hall–Kier alpha value is -3.05. The number of likely N-dealkylation sites (tertiary alicyclic amines) is 1. The maximum Gasteiger partial charge on any atom is 0.248 e. The van der Waals surface area contributed by atoms with Gasteiger partial charge in [0.25, 0.3) is 0 Å². The first-order valence-electron chi connectivity index (χ1n) is 16.1. The van der Waals surface area contributed by atoms with E-state index in [1.807, 2.05) is 37.3 Å². The third-order valence-corrected chi connectivity index (χ3v) is 9.93. The summed E-state index contributed by atoms with van der Waals surface area (Å²) in [6.45, 7) is 15.0. The van der Waals surface area contributed by atoms with Gasteiger partial charge in [0, 0.05) is 58.1 Å². The first-order valence-corrected chi connectivity index (χ1v) is 16.1. The summed E-state index contributed by atoms with van der Waals surface area (Å²) in [7, 11) is 0. The van der Waals surface area contributed by atoms with Crippen LogP contribution in [-0.4, -0.2) is 120 Å². The van der Waals surface area contributed by atoms with Crippen LogP contribution in [0.3, 0.4) is 0 Å². The lowest BCUT2D eigenvalue weighted by molar-refractivity contribution is -0.151. The summed E-state index contributed by atoms with van der Waals surface area (Å²) in [5.74, 6) is -2.02. The Kier molecular flexibility index (Phi) is 10.2. The van der Waals surface area contributed by atoms with Crippen molar-refractivity contribution in [3.63, 3.8) is 0 Å². The van der Waals surface area contributed by atoms with Crippen LogP contribution < -0.4 is 4.90 Å². The van der Waals surface area contributed by atoms with Crippen molar-refractivity contribution in [2.75, 3.05) is 70.5 Å². The minimum Gasteiger partial charge on any atom is -0.396 e. The predicted octanol–water partition coefficient (Wildman–Crippen LogP) is 2.48. The second-order valence-corrected chi connectivity index (χ2v) is 12.6. The second kappa shape index (κ2) is 13.9. The van der Waals surface area contributed by atoms with Gasteiger partial charge in [-0.3, -0.25) is 19.3 Å². The quantitative estimate of drug-likeness (QED) is 0.241. The number of anilines is 1. The smallest absolute Gasteiger partial charge is 0.248 e. The van der Waals surface area contributed by atoms with Crippen LogP contribution in [0.25, 0.3) is 0 Å². The fraction of sp³-hybridized carbons (Fsp3) is 0.618. The molecule has 5 rings (SSSR count). The minimum atomic E-state index is -1.09. The zero-order valence-corrected chi connectivity index (χ0v) is 26.1. The Morgan fingerprint density at radius 1 is 1.02 bits per heavy atom. The van der Waals surface area contributed by atoms with E-state index >= 15 is 0 Å². The van der Waals surface area contributed by atoms with Crippen molar-refractivity contribution in [1.82, 2.24) is 14.7 Å². The Bertz CT molecular complexity index is 1210. The van der Waals surface area contributed by atoms with E-state index in [4.69, 9.17) is 9.47 Å². The molecule has 1 aromatic rings. The van der Waals surface area contributed by atoms with Crippen LogP contribution in [0.4, 0.5) is 5.69 Å². The highest BCUT2D eigenvalue weighted by Gasteiger charge is 2.78. The Balaban J connectivity index is 1.48. The first-order chi connectivity index (χ1) is 21.3. The normalized spacial score (nSPS) is 29.5. The number of benzene rings is 1. The van der Waals surface area contributed by atoms with Gasteiger partial charge in [0.05, 0.1) is 30.7 Å². The molecule has 0 radical (unpaired) electrons. The summed E-state index contributed by atoms with van der Waals surface area (Å²) >= 11 is 0. The number of nitrogens with zero attached hydrogens (tertiary/aromatic N) is 4. The molecular weight excluding hydrogens is 560 g/mol. The number of hydrogen-bond donors (Lipinski definition) is 1. The number of fused-ring (bicyclic) bond motifs is 1. The van der Waals surface area contributed by atoms with Gasteiger partial charge in [-0.25, -0.2) is 0 Å². The molecule has 1 N–H and O–H groups in total. The van der Waals surface area contributed by atoms with Crippen LogP contribution in [0.15, 0.2) is 55.6 Å². The molecule has 240 valence electrons. The summed E-state index contributed by atoms with van der Waals surface area (Å²) in [6, 6.07) is 8.60. The highest BCUT2D eigenvalue weighted by atomic mass is 16.5. The molecule has 0 aliphatic carbocycles. The topological polar surface area (TPSA) is 103 Å². The number of unbranched alkanes of at least 4 members (excludes halogenated alkanes) is 2. The summed E-state index contributed by atoms with van der Waals surface area (Å²) in [4.78, 5) is 51.1. The molecule has 10 heteroatoms. The van der Waals surface area contributed by atoms with Crippen LogP contribution in [0.2, 0.25) is 0 Å². The molecule has 0 saturated carbocycles. The van der Waals surface area contributed by atoms with Gasteiger partial charge in [-0.15, -0.1) is 13.2 Å². The molecule has 4 heterocycles. The van der Waals surface area contributed by atoms with Gasteiger partial charge in [0.2, 0.25) is 17.7 Å². The molecular formula is C34H48N4O6. The van der Waals surface area contributed by atoms with Crippen molar-refractivity contribution in [2.24, 2.45) is 11.8 Å². The van der Waals surface area contributed by atoms with Gasteiger partial charge >= 0.3 is 0 Å². The number of carbonyl (C=O) groups excluding carboxylic acids is 3. The van der Waals surface area contributed by atoms with Crippen molar-refractivity contribution in [3.8, 4) is 0 Å². The molecule has 1 spiro atoms. The van der Waals surface area contributed by atoms with Gasteiger partial charge in [-0.2, -0.15) is 0 Å². The molecule has 4 fully saturated rings. The Labute approximate surface area is 261 Å². The summed E-state index contributed by atoms with van der Waals surface area (Å²) in [5.41, 5.74) is -1.23. The second-order valence-electron chi connectivity index (χ2n) is 12.6. The highest BCUT2D eigenvalue weighted by Crippen LogP contribution is 2.63. The average Bonchev–Trinajstić information content (AvgIpc) is 3.61. The molecule has 3 amide bonds. The van der Waals surface area contributed by atoms with E-state index in [1.165, 1.54) is 0 Å². The minimum absolute atomic E-state index is 0.0776. The fourth-order valence-electron chi connectivity index (χ4n) is 7.83. The number of para-hydroxylation sites is 1. The molecule has 5 atom stereocenters. The van der Waals surface area contributed by atoms with Crippen LogP contribution in [-0.2, 0) is 23.9 Å². The first kappa shape index (κ1) is 32.3. The van der Waals surface area contributed by atoms with Crippen molar-refractivity contribution in [2.45, 2.75) is 56.3 Å². The summed E-state index contributed by atoms with van der Waals surface area (Å²) in [6.07, 6.45) is 6.54. The molecule has 2 bridgehead atoms. The third kappa shape index (κ3) is 5.97. The van der Waals surface area contributed by atoms with Crippen LogP contribution >= 0.6 is 0 Å². The van der Waals surface area contributed by atoms with Gasteiger partial charge < -0.3 is 29.3 Å². The van der Waals surface area contributed by atoms with Gasteiger partial charge in [-0.05, 0) is 51.2 Å². The van der Waals surface area contributed by atoms with Crippen molar-refractivity contribution >= 4 is 23.4 Å². The van der Waals surface area contributed by atoms with E-state index in [9.17, 15) is 19.5 Å². The van der Waals surface area contributed by atoms with Crippen molar-refractivity contribution < 1.29 is 29.0 Å². The number of carbonyl (C=O) groups is 3. The van der Waals surface area contributed by atoms with Crippen LogP contribution in [0, 0.1) is 11.8 Å². The molecule has 4 saturated heterocycles. The maximum atomic E-state index is 14.6. The largest absolute Gasteiger partial charge is 0.396 e. The molecule has 4 aliphatic heterocycles. The number of ether oxygens (including phenoxy) is 2. The SMILES string of the molecule is C=CCN(CCN1CCOCC1)C(=O)C1N(CCCCCO)C(=O)[C@@H]2[C@@H](C(=O)N(CC=C)c3ccccc3)[C@@]3(C)CCC12O3. The number of amides is 3. The summed E-state index contributed by atoms with van der Waals surface area (Å²) < 4.78 is 12.4. The van der Waals surface area contributed by atoms with Crippen molar-refractivity contribution in [1.29, 1.82) is 0 Å². The number of rotatable bonds is 15. The van der Waals surface area contributed by atoms with Crippen molar-refractivity contribution in [3.05, 3.63) is 55.6 Å². The lowest BCUT2D eigenvalue weighted by atomic mass is 9.66. The molecule has 2 unspecified atom stereocenters. The molecule has 10 nitrogen and oxygen atoms in total. The van der Waals surface area contributed by atoms with Gasteiger partial charge in [0.1, 0.15) is 11.6 Å². The van der Waals surface area contributed by atoms with E-state index < -0.39 is 29.1 Å². The van der Waals surface area contributed by atoms with Crippen LogP contribution in [0.1, 0.15) is 39.0 Å². The van der Waals surface area contributed by atoms with Gasteiger partial charge in [-0.1, -0.05) is 30.4 Å². The number of aliphatic hydroxyl groups excluding tert-OH is 1. The standard InChI is InChI=1S/C34H48N4O6/c1-4-16-36(20-19-35-21-24-43-25-22-35)32(42)29-34-15-14-33(3,44-34)27(28(34)31(41)38(29)18-10-7-11-23-39)30(40)37(17-5-2)26-12-8-6-9-13-26/h4-6,8-9,12-13,27-29,39H,1-2,7,10-11,14-25H2,3H3/t27-,28-,29?,33+,34?/m0/s1. The Morgan fingerprint density at radius 2 is 1.75 bits per heavy atom. The van der Waals surface area contributed by atoms with E-state index in [-0.39, 0.29) is 24.3 Å². The maximum absolute atomic E-state index is 14.6. The van der Waals surface area contributed by atoms with E-state index in [2.05, 4.69) is 18.1 Å². The fourth-order valence-corrected chi connectivity index (χ4v) is 7.83. The third-order valence-electron chi connectivity index (χ3n) is 9.93. The number of aliphatic hydroxyl groups is 1. The molecule has 0 aromatic heterocycles. The predicted molar refractivity (Wildman–Crippen MR) is 168 cm³/mol. The van der Waals surface area contributed by atoms with E-state index in [0.717, 1.165) is 25.2 Å². The van der Waals surface area contributed by atoms with E-state index in [1.54, 1.807) is 26.9 Å². The van der Waals surface area contributed by atoms with Crippen LogP contribution in [0.5, 0.6) is 0 Å². The monoisotopic (exact) mass is 608 g/mol.